The third kappa shape index (κ3) is 4.32. The lowest BCUT2D eigenvalue weighted by Crippen LogP contribution is -2.18. The summed E-state index contributed by atoms with van der Waals surface area (Å²) in [7, 11) is 0. The molecule has 0 radical (unpaired) electrons. The van der Waals surface area contributed by atoms with Crippen LogP contribution < -0.4 is 10.5 Å². The van der Waals surface area contributed by atoms with Gasteiger partial charge in [0.2, 0.25) is 0 Å². The van der Waals surface area contributed by atoms with Crippen LogP contribution in [-0.4, -0.2) is 21.7 Å². The van der Waals surface area contributed by atoms with Gasteiger partial charge in [0.25, 0.3) is 0 Å². The first-order valence-electron chi connectivity index (χ1n) is 10.2. The Kier molecular flexibility index (Phi) is 5.78. The molecule has 3 N–H and O–H groups in total. The van der Waals surface area contributed by atoms with Crippen LogP contribution >= 0.6 is 0 Å². The summed E-state index contributed by atoms with van der Waals surface area (Å²) in [6, 6.07) is 15.0. The van der Waals surface area contributed by atoms with Crippen molar-refractivity contribution in [2.24, 2.45) is 5.73 Å². The lowest BCUT2D eigenvalue weighted by Gasteiger charge is -2.13. The van der Waals surface area contributed by atoms with Crippen LogP contribution in [0.5, 0.6) is 11.5 Å². The average molecular weight is 468 g/mol. The summed E-state index contributed by atoms with van der Waals surface area (Å²) >= 11 is 0. The number of para-hydroxylation sites is 1. The number of fused-ring (bicyclic) bond motifs is 1. The molecule has 6 nitrogen and oxygen atoms in total. The first kappa shape index (κ1) is 22.9. The van der Waals surface area contributed by atoms with Gasteiger partial charge < -0.3 is 15.6 Å². The number of carbonyl (C=O) groups is 2. The van der Waals surface area contributed by atoms with Crippen LogP contribution in [0.15, 0.2) is 72.9 Å². The molecule has 0 aliphatic rings. The van der Waals surface area contributed by atoms with Crippen molar-refractivity contribution >= 4 is 22.9 Å². The molecule has 3 aromatic carbocycles. The molecule has 1 unspecified atom stereocenters. The number of amides is 1. The number of halogens is 3. The number of benzene rings is 3. The highest BCUT2D eigenvalue weighted by molar-refractivity contribution is 5.97. The Morgan fingerprint density at radius 1 is 1.03 bits per heavy atom. The van der Waals surface area contributed by atoms with Crippen molar-refractivity contribution < 1.29 is 32.6 Å². The number of hydrogen-bond acceptors (Lipinski definition) is 3. The van der Waals surface area contributed by atoms with E-state index in [-0.39, 0.29) is 23.0 Å². The van der Waals surface area contributed by atoms with Crippen molar-refractivity contribution in [3.8, 4) is 11.5 Å². The van der Waals surface area contributed by atoms with Gasteiger partial charge in [-0.15, -0.1) is 0 Å². The topological polar surface area (TPSA) is 94.5 Å². The minimum Gasteiger partial charge on any atom is -0.478 e. The Hall–Kier alpha value is -4.27. The third-order valence-electron chi connectivity index (χ3n) is 5.57. The van der Waals surface area contributed by atoms with Gasteiger partial charge in [0.05, 0.1) is 11.1 Å². The number of rotatable bonds is 5. The van der Waals surface area contributed by atoms with Gasteiger partial charge in [-0.25, -0.2) is 9.59 Å². The van der Waals surface area contributed by atoms with Crippen LogP contribution in [-0.2, 0) is 6.18 Å². The van der Waals surface area contributed by atoms with E-state index < -0.39 is 23.7 Å². The molecule has 0 saturated heterocycles. The predicted octanol–water partition coefficient (Wildman–Crippen LogP) is 6.23. The van der Waals surface area contributed by atoms with Gasteiger partial charge in [-0.3, -0.25) is 4.57 Å². The molecule has 4 rings (SSSR count). The summed E-state index contributed by atoms with van der Waals surface area (Å²) in [6.07, 6.45) is -2.97. The van der Waals surface area contributed by atoms with E-state index in [9.17, 15) is 22.8 Å². The number of carboxylic acid groups (broad SMARTS) is 1. The van der Waals surface area contributed by atoms with E-state index in [0.717, 1.165) is 17.7 Å². The first-order chi connectivity index (χ1) is 16.1. The van der Waals surface area contributed by atoms with E-state index in [1.165, 1.54) is 34.9 Å². The fraction of sp³-hybridized carbons (Fsp3) is 0.120. The molecule has 1 aromatic heterocycles. The lowest BCUT2D eigenvalue weighted by molar-refractivity contribution is -0.137. The number of hydrogen-bond donors (Lipinski definition) is 2. The largest absolute Gasteiger partial charge is 0.478 e. The maximum absolute atomic E-state index is 13.1. The second-order valence-electron chi connectivity index (χ2n) is 7.72. The highest BCUT2D eigenvalue weighted by atomic mass is 19.4. The van der Waals surface area contributed by atoms with Crippen LogP contribution in [0.25, 0.3) is 10.9 Å². The number of primary amides is 1. The van der Waals surface area contributed by atoms with Crippen molar-refractivity contribution in [2.45, 2.75) is 19.0 Å². The number of alkyl halides is 3. The second kappa shape index (κ2) is 8.58. The third-order valence-corrected chi connectivity index (χ3v) is 5.57. The van der Waals surface area contributed by atoms with E-state index in [2.05, 4.69) is 0 Å². The summed E-state index contributed by atoms with van der Waals surface area (Å²) in [5.74, 6) is -1.18. The van der Waals surface area contributed by atoms with Gasteiger partial charge in [-0.1, -0.05) is 37.3 Å². The number of aromatic nitrogens is 1. The number of nitrogens with zero attached hydrogens (tertiary/aromatic N) is 1. The molecule has 0 bridgehead atoms. The van der Waals surface area contributed by atoms with Gasteiger partial charge >= 0.3 is 18.2 Å². The van der Waals surface area contributed by atoms with Gasteiger partial charge in [0.15, 0.2) is 5.75 Å². The molecular weight excluding hydrogens is 449 g/mol. The Labute approximate surface area is 192 Å². The van der Waals surface area contributed by atoms with Crippen molar-refractivity contribution in [2.75, 3.05) is 0 Å². The number of nitrogens with two attached hydrogens (primary N) is 1. The van der Waals surface area contributed by atoms with Gasteiger partial charge in [-0.2, -0.15) is 13.2 Å². The van der Waals surface area contributed by atoms with Crippen molar-refractivity contribution in [1.82, 2.24) is 4.57 Å². The maximum Gasteiger partial charge on any atom is 0.416 e. The number of aromatic carboxylic acids is 1. The number of carbonyl (C=O) groups excluding carboxylic acids is 1. The van der Waals surface area contributed by atoms with Crippen molar-refractivity contribution in [3.63, 3.8) is 0 Å². The minimum atomic E-state index is -4.53. The van der Waals surface area contributed by atoms with E-state index in [1.807, 2.05) is 6.92 Å². The zero-order chi connectivity index (χ0) is 24.6. The molecule has 174 valence electrons. The Morgan fingerprint density at radius 2 is 1.71 bits per heavy atom. The zero-order valence-corrected chi connectivity index (χ0v) is 17.8. The average Bonchev–Trinajstić information content (AvgIpc) is 3.19. The Bertz CT molecular complexity index is 1390. The SMILES string of the molecule is CC(c1ccc(C(=O)O)cc1)c1cn(C(N)=O)c2c(Oc3cccc(C(F)(F)F)c3)cccc12. The second-order valence-corrected chi connectivity index (χ2v) is 7.72. The predicted molar refractivity (Wildman–Crippen MR) is 119 cm³/mol. The van der Waals surface area contributed by atoms with Crippen molar-refractivity contribution in [3.05, 3.63) is 95.2 Å². The molecule has 1 heterocycles. The normalized spacial score (nSPS) is 12.5. The molecule has 0 saturated carbocycles. The molecule has 9 heteroatoms. The fourth-order valence-electron chi connectivity index (χ4n) is 3.83. The molecule has 1 atom stereocenters. The first-order valence-corrected chi connectivity index (χ1v) is 10.2. The molecule has 0 fully saturated rings. The Balaban J connectivity index is 1.79. The lowest BCUT2D eigenvalue weighted by atomic mass is 9.92. The van der Waals surface area contributed by atoms with Crippen LogP contribution in [0.4, 0.5) is 18.0 Å². The summed E-state index contributed by atoms with van der Waals surface area (Å²) in [5, 5.41) is 9.74. The molecule has 0 spiro atoms. The van der Waals surface area contributed by atoms with E-state index in [4.69, 9.17) is 15.6 Å². The monoisotopic (exact) mass is 468 g/mol. The quantitative estimate of drug-likeness (QED) is 0.363. The molecule has 4 aromatic rings. The summed E-state index contributed by atoms with van der Waals surface area (Å²) < 4.78 is 46.3. The maximum atomic E-state index is 13.1. The Morgan fingerprint density at radius 3 is 2.32 bits per heavy atom. The molecular formula is C25H19F3N2O4. The number of ether oxygens (including phenoxy) is 1. The zero-order valence-electron chi connectivity index (χ0n) is 17.8. The molecule has 1 amide bonds. The van der Waals surface area contributed by atoms with E-state index >= 15 is 0 Å². The summed E-state index contributed by atoms with van der Waals surface area (Å²) in [6.45, 7) is 1.89. The van der Waals surface area contributed by atoms with Crippen LogP contribution in [0.2, 0.25) is 0 Å². The smallest absolute Gasteiger partial charge is 0.416 e. The van der Waals surface area contributed by atoms with Crippen molar-refractivity contribution in [1.29, 1.82) is 0 Å². The van der Waals surface area contributed by atoms with Gasteiger partial charge in [0.1, 0.15) is 11.3 Å². The van der Waals surface area contributed by atoms with Gasteiger partial charge in [-0.05, 0) is 47.5 Å². The van der Waals surface area contributed by atoms with Crippen LogP contribution in [0.3, 0.4) is 0 Å². The highest BCUT2D eigenvalue weighted by Gasteiger charge is 2.31. The van der Waals surface area contributed by atoms with E-state index in [1.54, 1.807) is 30.5 Å². The summed E-state index contributed by atoms with van der Waals surface area (Å²) in [4.78, 5) is 23.4. The van der Waals surface area contributed by atoms with E-state index in [0.29, 0.717) is 16.5 Å². The highest BCUT2D eigenvalue weighted by Crippen LogP contribution is 2.39. The molecule has 34 heavy (non-hydrogen) atoms. The van der Waals surface area contributed by atoms with Crippen LogP contribution in [0, 0.1) is 0 Å². The molecule has 0 aliphatic carbocycles. The number of carboxylic acids is 1. The summed E-state index contributed by atoms with van der Waals surface area (Å²) in [5.41, 5.74) is 6.70. The standard InChI is InChI=1S/C25H19F3N2O4/c1-14(15-8-10-16(11-9-15)23(31)32)20-13-30(24(29)33)22-19(20)6-3-7-21(22)34-18-5-2-4-17(12-18)25(26,27)28/h2-14H,1H3,(H2,29,33)(H,31,32). The fourth-order valence-corrected chi connectivity index (χ4v) is 3.83. The van der Waals surface area contributed by atoms with Gasteiger partial charge in [0, 0.05) is 17.5 Å². The van der Waals surface area contributed by atoms with Crippen LogP contribution in [0.1, 0.15) is 39.9 Å². The molecule has 0 aliphatic heterocycles. The minimum absolute atomic E-state index is 0.0431.